The SMILES string of the molecule is Cc1ncc(C(O)Cc2ccoc2)s1. The maximum absolute atomic E-state index is 9.83. The molecule has 1 atom stereocenters. The Kier molecular flexibility index (Phi) is 2.65. The number of aliphatic hydroxyl groups excluding tert-OH is 1. The van der Waals surface area contributed by atoms with Crippen LogP contribution in [0.15, 0.2) is 29.2 Å². The summed E-state index contributed by atoms with van der Waals surface area (Å²) in [5, 5.41) is 10.8. The van der Waals surface area contributed by atoms with Crippen molar-refractivity contribution in [3.63, 3.8) is 0 Å². The summed E-state index contributed by atoms with van der Waals surface area (Å²) in [6.07, 6.45) is 5.10. The van der Waals surface area contributed by atoms with Crippen molar-refractivity contribution >= 4 is 11.3 Å². The number of aryl methyl sites for hydroxylation is 1. The predicted molar refractivity (Wildman–Crippen MR) is 54.2 cm³/mol. The Morgan fingerprint density at radius 1 is 1.64 bits per heavy atom. The third-order valence-electron chi connectivity index (χ3n) is 1.98. The molecule has 2 aromatic rings. The number of thiazole rings is 1. The van der Waals surface area contributed by atoms with E-state index in [-0.39, 0.29) is 0 Å². The molecule has 0 radical (unpaired) electrons. The van der Waals surface area contributed by atoms with E-state index < -0.39 is 6.10 Å². The highest BCUT2D eigenvalue weighted by atomic mass is 32.1. The second-order valence-electron chi connectivity index (χ2n) is 3.13. The zero-order valence-electron chi connectivity index (χ0n) is 7.80. The summed E-state index contributed by atoms with van der Waals surface area (Å²) in [5.74, 6) is 0. The van der Waals surface area contributed by atoms with E-state index in [0.717, 1.165) is 15.4 Å². The fraction of sp³-hybridized carbons (Fsp3) is 0.300. The van der Waals surface area contributed by atoms with Gasteiger partial charge in [-0.1, -0.05) is 0 Å². The van der Waals surface area contributed by atoms with Crippen molar-refractivity contribution in [1.82, 2.24) is 4.98 Å². The van der Waals surface area contributed by atoms with Crippen LogP contribution in [0.5, 0.6) is 0 Å². The Morgan fingerprint density at radius 3 is 3.07 bits per heavy atom. The fourth-order valence-corrected chi connectivity index (χ4v) is 2.04. The van der Waals surface area contributed by atoms with Gasteiger partial charge in [0.15, 0.2) is 0 Å². The lowest BCUT2D eigenvalue weighted by atomic mass is 10.1. The molecule has 0 amide bonds. The highest BCUT2D eigenvalue weighted by molar-refractivity contribution is 7.11. The van der Waals surface area contributed by atoms with Crippen LogP contribution >= 0.6 is 11.3 Å². The molecule has 2 aromatic heterocycles. The lowest BCUT2D eigenvalue weighted by Crippen LogP contribution is -1.98. The minimum Gasteiger partial charge on any atom is -0.472 e. The van der Waals surface area contributed by atoms with E-state index in [2.05, 4.69) is 4.98 Å². The van der Waals surface area contributed by atoms with Crippen LogP contribution in [0.1, 0.15) is 21.6 Å². The van der Waals surface area contributed by atoms with Crippen molar-refractivity contribution in [3.8, 4) is 0 Å². The molecule has 0 spiro atoms. The average Bonchev–Trinajstić information content (AvgIpc) is 2.75. The molecule has 2 rings (SSSR count). The molecule has 0 aromatic carbocycles. The maximum atomic E-state index is 9.83. The zero-order chi connectivity index (χ0) is 9.97. The number of aliphatic hydroxyl groups is 1. The number of furan rings is 1. The van der Waals surface area contributed by atoms with Gasteiger partial charge in [0.1, 0.15) is 0 Å². The predicted octanol–water partition coefficient (Wildman–Crippen LogP) is 2.32. The lowest BCUT2D eigenvalue weighted by molar-refractivity contribution is 0.182. The van der Waals surface area contributed by atoms with E-state index in [1.807, 2.05) is 13.0 Å². The molecule has 74 valence electrons. The minimum absolute atomic E-state index is 0.473. The normalized spacial score (nSPS) is 13.0. The first-order valence-corrected chi connectivity index (χ1v) is 5.19. The first-order chi connectivity index (χ1) is 6.75. The van der Waals surface area contributed by atoms with Gasteiger partial charge in [-0.3, -0.25) is 0 Å². The topological polar surface area (TPSA) is 46.3 Å². The lowest BCUT2D eigenvalue weighted by Gasteiger charge is -2.04. The monoisotopic (exact) mass is 209 g/mol. The van der Waals surface area contributed by atoms with Gasteiger partial charge in [-0.15, -0.1) is 11.3 Å². The number of rotatable bonds is 3. The Bertz CT molecular complexity index is 394. The Hall–Kier alpha value is -1.13. The standard InChI is InChI=1S/C10H11NO2S/c1-7-11-5-10(14-7)9(12)4-8-2-3-13-6-8/h2-3,5-6,9,12H,4H2,1H3. The minimum atomic E-state index is -0.473. The molecule has 4 heteroatoms. The second kappa shape index (κ2) is 3.94. The molecule has 0 saturated carbocycles. The van der Waals surface area contributed by atoms with Crippen LogP contribution in [0.3, 0.4) is 0 Å². The number of hydrogen-bond acceptors (Lipinski definition) is 4. The molecular weight excluding hydrogens is 198 g/mol. The molecule has 0 aliphatic carbocycles. The van der Waals surface area contributed by atoms with Crippen LogP contribution in [0.4, 0.5) is 0 Å². The van der Waals surface area contributed by atoms with E-state index >= 15 is 0 Å². The molecule has 3 nitrogen and oxygen atoms in total. The van der Waals surface area contributed by atoms with Crippen LogP contribution in [0.25, 0.3) is 0 Å². The van der Waals surface area contributed by atoms with E-state index in [1.54, 1.807) is 18.7 Å². The smallest absolute Gasteiger partial charge is 0.0939 e. The number of nitrogens with zero attached hydrogens (tertiary/aromatic N) is 1. The van der Waals surface area contributed by atoms with Crippen molar-refractivity contribution in [2.45, 2.75) is 19.4 Å². The highest BCUT2D eigenvalue weighted by Crippen LogP contribution is 2.23. The summed E-state index contributed by atoms with van der Waals surface area (Å²) in [6.45, 7) is 1.93. The largest absolute Gasteiger partial charge is 0.472 e. The summed E-state index contributed by atoms with van der Waals surface area (Å²) in [5.41, 5.74) is 1.00. The van der Waals surface area contributed by atoms with Gasteiger partial charge in [0, 0.05) is 12.6 Å². The van der Waals surface area contributed by atoms with Gasteiger partial charge in [0.05, 0.1) is 28.5 Å². The van der Waals surface area contributed by atoms with Crippen molar-refractivity contribution in [1.29, 1.82) is 0 Å². The molecule has 14 heavy (non-hydrogen) atoms. The second-order valence-corrected chi connectivity index (χ2v) is 4.40. The third kappa shape index (κ3) is 2.02. The quantitative estimate of drug-likeness (QED) is 0.843. The van der Waals surface area contributed by atoms with Crippen LogP contribution in [0, 0.1) is 6.92 Å². The molecule has 0 aliphatic heterocycles. The molecular formula is C10H11NO2S. The van der Waals surface area contributed by atoms with E-state index in [0.29, 0.717) is 6.42 Å². The molecule has 0 saturated heterocycles. The van der Waals surface area contributed by atoms with Crippen molar-refractivity contribution in [2.24, 2.45) is 0 Å². The van der Waals surface area contributed by atoms with E-state index in [1.165, 1.54) is 11.3 Å². The van der Waals surface area contributed by atoms with Crippen LogP contribution in [0.2, 0.25) is 0 Å². The van der Waals surface area contributed by atoms with Gasteiger partial charge in [-0.25, -0.2) is 4.98 Å². The van der Waals surface area contributed by atoms with E-state index in [4.69, 9.17) is 4.42 Å². The molecule has 0 fully saturated rings. The summed E-state index contributed by atoms with van der Waals surface area (Å²) in [6, 6.07) is 1.86. The molecule has 1 unspecified atom stereocenters. The van der Waals surface area contributed by atoms with E-state index in [9.17, 15) is 5.11 Å². The summed E-state index contributed by atoms with van der Waals surface area (Å²) in [7, 11) is 0. The summed E-state index contributed by atoms with van der Waals surface area (Å²) in [4.78, 5) is 5.01. The molecule has 0 aliphatic rings. The van der Waals surface area contributed by atoms with Crippen LogP contribution < -0.4 is 0 Å². The van der Waals surface area contributed by atoms with Gasteiger partial charge in [-0.2, -0.15) is 0 Å². The van der Waals surface area contributed by atoms with Crippen molar-refractivity contribution in [3.05, 3.63) is 40.2 Å². The first-order valence-electron chi connectivity index (χ1n) is 4.37. The molecule has 0 bridgehead atoms. The Morgan fingerprint density at radius 2 is 2.50 bits per heavy atom. The van der Waals surface area contributed by atoms with Gasteiger partial charge < -0.3 is 9.52 Å². The third-order valence-corrected chi connectivity index (χ3v) is 2.99. The van der Waals surface area contributed by atoms with Crippen molar-refractivity contribution < 1.29 is 9.52 Å². The maximum Gasteiger partial charge on any atom is 0.0939 e. The average molecular weight is 209 g/mol. The summed E-state index contributed by atoms with van der Waals surface area (Å²) >= 11 is 1.53. The van der Waals surface area contributed by atoms with Gasteiger partial charge in [0.2, 0.25) is 0 Å². The first kappa shape index (κ1) is 9.43. The highest BCUT2D eigenvalue weighted by Gasteiger charge is 2.11. The molecule has 1 N–H and O–H groups in total. The van der Waals surface area contributed by atoms with Crippen LogP contribution in [-0.4, -0.2) is 10.1 Å². The molecule has 2 heterocycles. The van der Waals surface area contributed by atoms with Gasteiger partial charge in [0.25, 0.3) is 0 Å². The van der Waals surface area contributed by atoms with Crippen LogP contribution in [-0.2, 0) is 6.42 Å². The summed E-state index contributed by atoms with van der Waals surface area (Å²) < 4.78 is 4.93. The fourth-order valence-electron chi connectivity index (χ4n) is 1.26. The van der Waals surface area contributed by atoms with Crippen molar-refractivity contribution in [2.75, 3.05) is 0 Å². The number of aromatic nitrogens is 1. The Balaban J connectivity index is 2.06. The zero-order valence-corrected chi connectivity index (χ0v) is 8.62. The number of hydrogen-bond donors (Lipinski definition) is 1. The van der Waals surface area contributed by atoms with Gasteiger partial charge >= 0.3 is 0 Å². The van der Waals surface area contributed by atoms with Gasteiger partial charge in [-0.05, 0) is 18.6 Å². The Labute approximate surface area is 86.0 Å².